The van der Waals surface area contributed by atoms with E-state index in [0.717, 1.165) is 16.8 Å². The summed E-state index contributed by atoms with van der Waals surface area (Å²) < 4.78 is 5.12. The molecule has 0 saturated heterocycles. The first-order chi connectivity index (χ1) is 13.1. The van der Waals surface area contributed by atoms with E-state index in [-0.39, 0.29) is 18.3 Å². The summed E-state index contributed by atoms with van der Waals surface area (Å²) in [4.78, 5) is 26.6. The second kappa shape index (κ2) is 8.73. The molecule has 0 aromatic heterocycles. The molecule has 2 aromatic rings. The number of hydrogen-bond donors (Lipinski definition) is 0. The zero-order chi connectivity index (χ0) is 19.2. The molecule has 0 radical (unpaired) electrons. The number of thioether (sulfide) groups is 1. The molecule has 3 rings (SSSR count). The van der Waals surface area contributed by atoms with Gasteiger partial charge >= 0.3 is 5.97 Å². The van der Waals surface area contributed by atoms with Crippen LogP contribution < -0.4 is 0 Å². The van der Waals surface area contributed by atoms with E-state index in [1.54, 1.807) is 25.1 Å². The number of allylic oxidation sites excluding steroid dienone is 1. The van der Waals surface area contributed by atoms with Gasteiger partial charge in [0.25, 0.3) is 0 Å². The lowest BCUT2D eigenvalue weighted by atomic mass is 10.1. The number of aryl methyl sites for hydroxylation is 1. The van der Waals surface area contributed by atoms with Crippen molar-refractivity contribution in [2.75, 3.05) is 13.2 Å². The molecule has 0 saturated carbocycles. The minimum atomic E-state index is -0.323. The standard InChI is InChI=1S/C22H21NO3S/c1-3-26-22(25)14-23-19(17-11-9-16(2)10-12-17)15-27-21(23)13-20(24)18-7-5-4-6-8-18/h4-13,15H,3,14H2,1-2H3/b21-13-. The number of esters is 1. The lowest BCUT2D eigenvalue weighted by Crippen LogP contribution is -2.26. The smallest absolute Gasteiger partial charge is 0.325 e. The van der Waals surface area contributed by atoms with Crippen LogP contribution in [0.15, 0.2) is 71.1 Å². The lowest BCUT2D eigenvalue weighted by Gasteiger charge is -2.22. The van der Waals surface area contributed by atoms with Gasteiger partial charge in [-0.25, -0.2) is 0 Å². The normalized spacial score (nSPS) is 15.0. The van der Waals surface area contributed by atoms with Crippen LogP contribution in [-0.2, 0) is 9.53 Å². The molecular weight excluding hydrogens is 358 g/mol. The van der Waals surface area contributed by atoms with Crippen molar-refractivity contribution in [3.63, 3.8) is 0 Å². The molecule has 0 fully saturated rings. The van der Waals surface area contributed by atoms with Crippen LogP contribution in [0.5, 0.6) is 0 Å². The van der Waals surface area contributed by atoms with Crippen molar-refractivity contribution >= 4 is 29.2 Å². The monoisotopic (exact) mass is 379 g/mol. The Bertz CT molecular complexity index is 886. The maximum absolute atomic E-state index is 12.6. The minimum Gasteiger partial charge on any atom is -0.465 e. The molecule has 2 aromatic carbocycles. The molecular formula is C22H21NO3S. The van der Waals surface area contributed by atoms with E-state index >= 15 is 0 Å². The van der Waals surface area contributed by atoms with E-state index in [4.69, 9.17) is 4.74 Å². The van der Waals surface area contributed by atoms with Crippen LogP contribution >= 0.6 is 11.8 Å². The first-order valence-electron chi connectivity index (χ1n) is 8.76. The third-order valence-electron chi connectivity index (χ3n) is 4.10. The van der Waals surface area contributed by atoms with Crippen LogP contribution in [0.1, 0.15) is 28.4 Å². The van der Waals surface area contributed by atoms with Crippen molar-refractivity contribution in [1.29, 1.82) is 0 Å². The number of benzene rings is 2. The lowest BCUT2D eigenvalue weighted by molar-refractivity contribution is -0.143. The Kier molecular flexibility index (Phi) is 6.14. The number of carbonyl (C=O) groups is 2. The molecule has 1 aliphatic heterocycles. The predicted molar refractivity (Wildman–Crippen MR) is 109 cm³/mol. The number of carbonyl (C=O) groups excluding carboxylic acids is 2. The summed E-state index contributed by atoms with van der Waals surface area (Å²) in [6, 6.07) is 17.2. The van der Waals surface area contributed by atoms with Crippen molar-refractivity contribution in [2.45, 2.75) is 13.8 Å². The van der Waals surface area contributed by atoms with Gasteiger partial charge in [0.1, 0.15) is 6.54 Å². The van der Waals surface area contributed by atoms with Gasteiger partial charge in [-0.05, 0) is 19.4 Å². The van der Waals surface area contributed by atoms with Gasteiger partial charge < -0.3 is 9.64 Å². The van der Waals surface area contributed by atoms with Gasteiger partial charge in [-0.15, -0.1) is 0 Å². The number of hydrogen-bond acceptors (Lipinski definition) is 5. The zero-order valence-electron chi connectivity index (χ0n) is 15.3. The van der Waals surface area contributed by atoms with Crippen LogP contribution in [0.3, 0.4) is 0 Å². The Hall–Kier alpha value is -2.79. The highest BCUT2D eigenvalue weighted by atomic mass is 32.2. The molecule has 0 amide bonds. The van der Waals surface area contributed by atoms with Gasteiger partial charge in [0.2, 0.25) is 0 Å². The molecule has 1 aliphatic rings. The fourth-order valence-electron chi connectivity index (χ4n) is 2.72. The highest BCUT2D eigenvalue weighted by molar-refractivity contribution is 8.06. The summed E-state index contributed by atoms with van der Waals surface area (Å²) in [5.41, 5.74) is 3.66. The molecule has 0 atom stereocenters. The first kappa shape index (κ1) is 19.0. The van der Waals surface area contributed by atoms with E-state index in [2.05, 4.69) is 0 Å². The molecule has 0 bridgehead atoms. The number of ether oxygens (including phenoxy) is 1. The van der Waals surface area contributed by atoms with Gasteiger partial charge in [0.15, 0.2) is 5.78 Å². The van der Waals surface area contributed by atoms with E-state index in [1.165, 1.54) is 11.8 Å². The van der Waals surface area contributed by atoms with E-state index < -0.39 is 0 Å². The number of nitrogens with zero attached hydrogens (tertiary/aromatic N) is 1. The summed E-state index contributed by atoms with van der Waals surface area (Å²) in [6.45, 7) is 4.20. The molecule has 1 heterocycles. The Morgan fingerprint density at radius 1 is 1.07 bits per heavy atom. The topological polar surface area (TPSA) is 46.6 Å². The summed E-state index contributed by atoms with van der Waals surface area (Å²) in [5, 5.41) is 2.68. The van der Waals surface area contributed by atoms with E-state index in [0.29, 0.717) is 17.2 Å². The highest BCUT2D eigenvalue weighted by Gasteiger charge is 2.26. The van der Waals surface area contributed by atoms with Crippen LogP contribution in [0.2, 0.25) is 0 Å². The summed E-state index contributed by atoms with van der Waals surface area (Å²) >= 11 is 1.44. The van der Waals surface area contributed by atoms with Crippen molar-refractivity contribution in [2.24, 2.45) is 0 Å². The highest BCUT2D eigenvalue weighted by Crippen LogP contribution is 2.39. The van der Waals surface area contributed by atoms with Crippen LogP contribution in [0.25, 0.3) is 5.70 Å². The average molecular weight is 379 g/mol. The quantitative estimate of drug-likeness (QED) is 0.416. The Balaban J connectivity index is 1.89. The number of ketones is 1. The third kappa shape index (κ3) is 4.68. The van der Waals surface area contributed by atoms with E-state index in [1.807, 2.05) is 59.7 Å². The fourth-order valence-corrected chi connectivity index (χ4v) is 3.68. The fraction of sp³-hybridized carbons (Fsp3) is 0.182. The molecule has 0 unspecified atom stereocenters. The summed E-state index contributed by atoms with van der Waals surface area (Å²) in [6.07, 6.45) is 1.58. The minimum absolute atomic E-state index is 0.0639. The summed E-state index contributed by atoms with van der Waals surface area (Å²) in [5.74, 6) is -0.415. The van der Waals surface area contributed by atoms with Gasteiger partial charge in [-0.1, -0.05) is 71.9 Å². The average Bonchev–Trinajstić information content (AvgIpc) is 3.05. The maximum atomic E-state index is 12.6. The van der Waals surface area contributed by atoms with Gasteiger partial charge in [-0.2, -0.15) is 0 Å². The zero-order valence-corrected chi connectivity index (χ0v) is 16.2. The number of rotatable bonds is 6. The first-order valence-corrected chi connectivity index (χ1v) is 9.64. The molecule has 0 N–H and O–H groups in total. The molecule has 4 nitrogen and oxygen atoms in total. The molecule has 5 heteroatoms. The Morgan fingerprint density at radius 2 is 1.78 bits per heavy atom. The van der Waals surface area contributed by atoms with Gasteiger partial charge in [-0.3, -0.25) is 9.59 Å². The second-order valence-electron chi connectivity index (χ2n) is 6.09. The van der Waals surface area contributed by atoms with Crippen LogP contribution in [0, 0.1) is 6.92 Å². The second-order valence-corrected chi connectivity index (χ2v) is 6.98. The van der Waals surface area contributed by atoms with Gasteiger partial charge in [0.05, 0.1) is 17.3 Å². The largest absolute Gasteiger partial charge is 0.465 e. The summed E-state index contributed by atoms with van der Waals surface area (Å²) in [7, 11) is 0. The molecule has 0 aliphatic carbocycles. The molecule has 0 spiro atoms. The predicted octanol–water partition coefficient (Wildman–Crippen LogP) is 4.63. The van der Waals surface area contributed by atoms with E-state index in [9.17, 15) is 9.59 Å². The SMILES string of the molecule is CCOC(=O)CN1C(c2ccc(C)cc2)=CS/C1=C\C(=O)c1ccccc1. The van der Waals surface area contributed by atoms with Crippen LogP contribution in [0.4, 0.5) is 0 Å². The van der Waals surface area contributed by atoms with Crippen LogP contribution in [-0.4, -0.2) is 29.8 Å². The Labute approximate surface area is 163 Å². The maximum Gasteiger partial charge on any atom is 0.325 e. The molecule has 27 heavy (non-hydrogen) atoms. The van der Waals surface area contributed by atoms with Crippen molar-refractivity contribution in [3.05, 3.63) is 87.8 Å². The van der Waals surface area contributed by atoms with Crippen molar-refractivity contribution < 1.29 is 14.3 Å². The molecule has 138 valence electrons. The van der Waals surface area contributed by atoms with Crippen molar-refractivity contribution in [1.82, 2.24) is 4.90 Å². The van der Waals surface area contributed by atoms with Gasteiger partial charge in [0, 0.05) is 17.0 Å². The Morgan fingerprint density at radius 3 is 2.44 bits per heavy atom. The third-order valence-corrected chi connectivity index (χ3v) is 5.02. The van der Waals surface area contributed by atoms with Crippen molar-refractivity contribution in [3.8, 4) is 0 Å².